The van der Waals surface area contributed by atoms with Crippen LogP contribution in [0.25, 0.3) is 0 Å². The number of anilines is 2. The lowest BCUT2D eigenvalue weighted by Crippen LogP contribution is -2.31. The van der Waals surface area contributed by atoms with Crippen LogP contribution in [-0.4, -0.2) is 47.6 Å². The molecule has 5 nitrogen and oxygen atoms in total. The van der Waals surface area contributed by atoms with Crippen molar-refractivity contribution in [1.82, 2.24) is 14.9 Å². The van der Waals surface area contributed by atoms with Crippen LogP contribution in [0.2, 0.25) is 0 Å². The minimum atomic E-state index is 0.610. The zero-order valence-electron chi connectivity index (χ0n) is 14.3. The molecule has 0 bridgehead atoms. The Bertz CT molecular complexity index is 429. The van der Waals surface area contributed by atoms with Crippen molar-refractivity contribution in [2.75, 3.05) is 43.4 Å². The minimum absolute atomic E-state index is 0.610. The lowest BCUT2D eigenvalue weighted by Gasteiger charge is -2.26. The van der Waals surface area contributed by atoms with Gasteiger partial charge in [0, 0.05) is 25.1 Å². The Labute approximate surface area is 129 Å². The molecule has 0 aliphatic rings. The summed E-state index contributed by atoms with van der Waals surface area (Å²) in [5.41, 5.74) is 7.02. The van der Waals surface area contributed by atoms with Crippen LogP contribution in [0, 0.1) is 6.92 Å². The second kappa shape index (κ2) is 8.82. The molecule has 1 heterocycles. The monoisotopic (exact) mass is 293 g/mol. The summed E-state index contributed by atoms with van der Waals surface area (Å²) in [6.45, 7) is 16.0. The van der Waals surface area contributed by atoms with Crippen molar-refractivity contribution < 1.29 is 0 Å². The zero-order chi connectivity index (χ0) is 15.8. The average Bonchev–Trinajstić information content (AvgIpc) is 2.50. The molecule has 0 fully saturated rings. The van der Waals surface area contributed by atoms with Gasteiger partial charge in [-0.2, -0.15) is 0 Å². The summed E-state index contributed by atoms with van der Waals surface area (Å²) in [5, 5.41) is 0. The summed E-state index contributed by atoms with van der Waals surface area (Å²) in [4.78, 5) is 13.8. The van der Waals surface area contributed by atoms with Crippen molar-refractivity contribution in [3.63, 3.8) is 0 Å². The van der Waals surface area contributed by atoms with Gasteiger partial charge in [-0.1, -0.05) is 20.8 Å². The summed E-state index contributed by atoms with van der Waals surface area (Å²) >= 11 is 0. The Balaban J connectivity index is 2.78. The molecule has 0 amide bonds. The molecule has 1 rings (SSSR count). The number of nitrogens with two attached hydrogens (primary N) is 1. The van der Waals surface area contributed by atoms with Crippen LogP contribution >= 0.6 is 0 Å². The Morgan fingerprint density at radius 3 is 2.14 bits per heavy atom. The molecule has 0 spiro atoms. The molecule has 1 aromatic heterocycles. The van der Waals surface area contributed by atoms with E-state index >= 15 is 0 Å². The Morgan fingerprint density at radius 2 is 1.62 bits per heavy atom. The first kappa shape index (κ1) is 17.7. The Kier molecular flexibility index (Phi) is 7.43. The molecule has 0 saturated heterocycles. The van der Waals surface area contributed by atoms with Gasteiger partial charge in [0.15, 0.2) is 0 Å². The largest absolute Gasteiger partial charge is 0.383 e. The van der Waals surface area contributed by atoms with Gasteiger partial charge in [-0.3, -0.25) is 0 Å². The SMILES string of the molecule is CCc1nc(N)c(C)c(N(CC)CCCN(CC)CC)n1. The normalized spacial score (nSPS) is 11.1. The van der Waals surface area contributed by atoms with Crippen molar-refractivity contribution >= 4 is 11.6 Å². The first-order valence-electron chi connectivity index (χ1n) is 8.17. The van der Waals surface area contributed by atoms with Gasteiger partial charge in [-0.15, -0.1) is 0 Å². The van der Waals surface area contributed by atoms with E-state index in [-0.39, 0.29) is 0 Å². The standard InChI is InChI=1S/C16H31N5/c1-6-14-18-15(17)13(5)16(19-14)21(9-4)12-10-11-20(7-2)8-3/h6-12H2,1-5H3,(H2,17,18,19). The quantitative estimate of drug-likeness (QED) is 0.758. The predicted octanol–water partition coefficient (Wildman–Crippen LogP) is 2.49. The lowest BCUT2D eigenvalue weighted by atomic mass is 10.2. The minimum Gasteiger partial charge on any atom is -0.383 e. The van der Waals surface area contributed by atoms with Gasteiger partial charge >= 0.3 is 0 Å². The molecule has 21 heavy (non-hydrogen) atoms. The van der Waals surface area contributed by atoms with Gasteiger partial charge < -0.3 is 15.5 Å². The Hall–Kier alpha value is -1.36. The van der Waals surface area contributed by atoms with Crippen LogP contribution < -0.4 is 10.6 Å². The molecule has 1 aromatic rings. The van der Waals surface area contributed by atoms with Crippen LogP contribution in [0.5, 0.6) is 0 Å². The van der Waals surface area contributed by atoms with Crippen LogP contribution in [0.15, 0.2) is 0 Å². The predicted molar refractivity (Wildman–Crippen MR) is 90.9 cm³/mol. The first-order valence-corrected chi connectivity index (χ1v) is 8.17. The molecule has 0 aliphatic carbocycles. The lowest BCUT2D eigenvalue weighted by molar-refractivity contribution is 0.300. The molecule has 0 aliphatic heterocycles. The van der Waals surface area contributed by atoms with Crippen molar-refractivity contribution in [2.24, 2.45) is 0 Å². The molecular formula is C16H31N5. The van der Waals surface area contributed by atoms with Gasteiger partial charge in [0.2, 0.25) is 0 Å². The average molecular weight is 293 g/mol. The summed E-state index contributed by atoms with van der Waals surface area (Å²) in [6, 6.07) is 0. The van der Waals surface area contributed by atoms with Gasteiger partial charge in [0.1, 0.15) is 17.5 Å². The number of hydrogen-bond donors (Lipinski definition) is 1. The fraction of sp³-hybridized carbons (Fsp3) is 0.750. The fourth-order valence-corrected chi connectivity index (χ4v) is 2.47. The molecule has 120 valence electrons. The number of nitrogens with zero attached hydrogens (tertiary/aromatic N) is 4. The van der Waals surface area contributed by atoms with E-state index in [0.717, 1.165) is 62.8 Å². The molecule has 0 saturated carbocycles. The molecule has 0 unspecified atom stereocenters. The fourth-order valence-electron chi connectivity index (χ4n) is 2.47. The third kappa shape index (κ3) is 4.84. The molecular weight excluding hydrogens is 262 g/mol. The maximum absolute atomic E-state index is 6.02. The van der Waals surface area contributed by atoms with Crippen LogP contribution in [0.4, 0.5) is 11.6 Å². The number of rotatable bonds is 9. The van der Waals surface area contributed by atoms with Gasteiger partial charge in [-0.25, -0.2) is 9.97 Å². The highest BCUT2D eigenvalue weighted by Gasteiger charge is 2.14. The number of aryl methyl sites for hydroxylation is 1. The van der Waals surface area contributed by atoms with E-state index in [0.29, 0.717) is 5.82 Å². The van der Waals surface area contributed by atoms with Crippen molar-refractivity contribution in [1.29, 1.82) is 0 Å². The maximum Gasteiger partial charge on any atom is 0.137 e. The molecule has 2 N–H and O–H groups in total. The summed E-state index contributed by atoms with van der Waals surface area (Å²) < 4.78 is 0. The van der Waals surface area contributed by atoms with E-state index in [1.165, 1.54) is 0 Å². The van der Waals surface area contributed by atoms with E-state index in [9.17, 15) is 0 Å². The van der Waals surface area contributed by atoms with Crippen LogP contribution in [0.3, 0.4) is 0 Å². The summed E-state index contributed by atoms with van der Waals surface area (Å²) in [7, 11) is 0. The molecule has 5 heteroatoms. The smallest absolute Gasteiger partial charge is 0.137 e. The van der Waals surface area contributed by atoms with Gasteiger partial charge in [0.05, 0.1) is 0 Å². The van der Waals surface area contributed by atoms with Crippen molar-refractivity contribution in [3.8, 4) is 0 Å². The van der Waals surface area contributed by atoms with Gasteiger partial charge in [-0.05, 0) is 39.9 Å². The van der Waals surface area contributed by atoms with E-state index < -0.39 is 0 Å². The highest BCUT2D eigenvalue weighted by Crippen LogP contribution is 2.22. The zero-order valence-corrected chi connectivity index (χ0v) is 14.3. The van der Waals surface area contributed by atoms with E-state index in [1.54, 1.807) is 0 Å². The van der Waals surface area contributed by atoms with E-state index in [2.05, 4.69) is 47.5 Å². The van der Waals surface area contributed by atoms with Crippen LogP contribution in [-0.2, 0) is 6.42 Å². The van der Waals surface area contributed by atoms with E-state index in [1.807, 2.05) is 6.92 Å². The summed E-state index contributed by atoms with van der Waals surface area (Å²) in [6.07, 6.45) is 1.95. The third-order valence-electron chi connectivity index (χ3n) is 4.00. The van der Waals surface area contributed by atoms with Gasteiger partial charge in [0.25, 0.3) is 0 Å². The molecule has 0 aromatic carbocycles. The third-order valence-corrected chi connectivity index (χ3v) is 4.00. The topological polar surface area (TPSA) is 58.3 Å². The number of aromatic nitrogens is 2. The first-order chi connectivity index (χ1) is 10.1. The Morgan fingerprint density at radius 1 is 0.952 bits per heavy atom. The molecule has 0 radical (unpaired) electrons. The molecule has 0 atom stereocenters. The number of nitrogen functional groups attached to an aromatic ring is 1. The van der Waals surface area contributed by atoms with E-state index in [4.69, 9.17) is 5.73 Å². The highest BCUT2D eigenvalue weighted by molar-refractivity contribution is 5.56. The maximum atomic E-state index is 6.02. The second-order valence-electron chi connectivity index (χ2n) is 5.29. The highest BCUT2D eigenvalue weighted by atomic mass is 15.2. The van der Waals surface area contributed by atoms with Crippen LogP contribution in [0.1, 0.15) is 45.5 Å². The number of hydrogen-bond acceptors (Lipinski definition) is 5. The second-order valence-corrected chi connectivity index (χ2v) is 5.29. The van der Waals surface area contributed by atoms with Crippen molar-refractivity contribution in [3.05, 3.63) is 11.4 Å². The summed E-state index contributed by atoms with van der Waals surface area (Å²) in [5.74, 6) is 2.44. The van der Waals surface area contributed by atoms with Crippen molar-refractivity contribution in [2.45, 2.75) is 47.5 Å².